The van der Waals surface area contributed by atoms with Gasteiger partial charge in [-0.15, -0.1) is 0 Å². The molecule has 0 radical (unpaired) electrons. The van der Waals surface area contributed by atoms with Gasteiger partial charge in [0.2, 0.25) is 0 Å². The van der Waals surface area contributed by atoms with Crippen LogP contribution in [-0.4, -0.2) is 17.7 Å². The van der Waals surface area contributed by atoms with Crippen molar-refractivity contribution in [1.82, 2.24) is 0 Å². The second-order valence-electron chi connectivity index (χ2n) is 4.89. The van der Waals surface area contributed by atoms with Crippen molar-refractivity contribution >= 4 is 11.9 Å². The van der Waals surface area contributed by atoms with E-state index in [4.69, 9.17) is 9.47 Å². The van der Waals surface area contributed by atoms with Gasteiger partial charge in [-0.3, -0.25) is 9.59 Å². The molecule has 4 heteroatoms. The third kappa shape index (κ3) is 1.98. The molecule has 3 rings (SSSR count). The summed E-state index contributed by atoms with van der Waals surface area (Å²) in [5, 5.41) is 0. The number of ether oxygens (including phenoxy) is 2. The first kappa shape index (κ1) is 11.3. The lowest BCUT2D eigenvalue weighted by molar-refractivity contribution is -0.241. The molecule has 4 nitrogen and oxygen atoms in total. The molecule has 1 spiro atoms. The predicted molar refractivity (Wildman–Crippen MR) is 62.6 cm³/mol. The van der Waals surface area contributed by atoms with Crippen molar-refractivity contribution in [1.29, 1.82) is 0 Å². The summed E-state index contributed by atoms with van der Waals surface area (Å²) >= 11 is 0. The van der Waals surface area contributed by atoms with E-state index in [9.17, 15) is 9.59 Å². The van der Waals surface area contributed by atoms with Gasteiger partial charge in [0.1, 0.15) is 6.42 Å². The van der Waals surface area contributed by atoms with Gasteiger partial charge in [-0.05, 0) is 17.9 Å². The molecule has 0 aromatic heterocycles. The zero-order valence-corrected chi connectivity index (χ0v) is 9.93. The molecule has 1 saturated carbocycles. The topological polar surface area (TPSA) is 52.6 Å². The Bertz CT molecular complexity index is 464. The molecule has 0 bridgehead atoms. The third-order valence-electron chi connectivity index (χ3n) is 3.59. The van der Waals surface area contributed by atoms with Crippen LogP contribution in [0, 0.1) is 0 Å². The summed E-state index contributed by atoms with van der Waals surface area (Å²) in [4.78, 5) is 22.7. The van der Waals surface area contributed by atoms with Crippen molar-refractivity contribution in [2.24, 2.45) is 0 Å². The van der Waals surface area contributed by atoms with E-state index in [2.05, 4.69) is 12.1 Å². The minimum Gasteiger partial charge on any atom is -0.422 e. The van der Waals surface area contributed by atoms with Gasteiger partial charge in [-0.1, -0.05) is 30.3 Å². The molecular formula is C14H14O4. The van der Waals surface area contributed by atoms with E-state index in [1.165, 1.54) is 5.56 Å². The number of benzene rings is 1. The normalized spacial score (nSPS) is 25.9. The molecule has 2 aliphatic rings. The monoisotopic (exact) mass is 246 g/mol. The highest BCUT2D eigenvalue weighted by molar-refractivity contribution is 5.93. The first-order valence-electron chi connectivity index (χ1n) is 6.15. The molecule has 1 aliphatic carbocycles. The van der Waals surface area contributed by atoms with E-state index in [0.717, 1.165) is 6.42 Å². The number of hydrogen-bond acceptors (Lipinski definition) is 4. The van der Waals surface area contributed by atoms with Crippen LogP contribution in [0.1, 0.15) is 37.2 Å². The Kier molecular flexibility index (Phi) is 2.58. The molecule has 1 atom stereocenters. The second-order valence-corrected chi connectivity index (χ2v) is 4.89. The van der Waals surface area contributed by atoms with Crippen LogP contribution in [0.2, 0.25) is 0 Å². The van der Waals surface area contributed by atoms with Gasteiger partial charge >= 0.3 is 11.9 Å². The number of carbonyl (C=O) groups excluding carboxylic acids is 2. The summed E-state index contributed by atoms with van der Waals surface area (Å²) in [6.45, 7) is 0. The van der Waals surface area contributed by atoms with Crippen LogP contribution in [0.4, 0.5) is 0 Å². The fourth-order valence-electron chi connectivity index (χ4n) is 2.79. The van der Waals surface area contributed by atoms with Gasteiger partial charge in [-0.25, -0.2) is 0 Å². The van der Waals surface area contributed by atoms with Crippen molar-refractivity contribution in [3.63, 3.8) is 0 Å². The standard InChI is InChI=1S/C14H14O4/c15-12-8-13(16)18-14(17-12)7-6-11(9-14)10-4-2-1-3-5-10/h1-5,11H,6-9H2. The second kappa shape index (κ2) is 4.12. The molecule has 94 valence electrons. The SMILES string of the molecule is O=C1CC(=O)OC2(CCC(c3ccccc3)C2)O1. The Morgan fingerprint density at radius 3 is 2.39 bits per heavy atom. The van der Waals surface area contributed by atoms with Gasteiger partial charge in [0.05, 0.1) is 0 Å². The summed E-state index contributed by atoms with van der Waals surface area (Å²) in [6, 6.07) is 10.0. The quantitative estimate of drug-likeness (QED) is 0.562. The van der Waals surface area contributed by atoms with E-state index in [1.807, 2.05) is 18.2 Å². The average Bonchev–Trinajstić information content (AvgIpc) is 2.72. The lowest BCUT2D eigenvalue weighted by atomic mass is 9.97. The van der Waals surface area contributed by atoms with Crippen LogP contribution in [-0.2, 0) is 19.1 Å². The molecule has 1 heterocycles. The summed E-state index contributed by atoms with van der Waals surface area (Å²) < 4.78 is 10.5. The highest BCUT2D eigenvalue weighted by atomic mass is 16.7. The van der Waals surface area contributed by atoms with Gasteiger partial charge in [-0.2, -0.15) is 0 Å². The zero-order valence-electron chi connectivity index (χ0n) is 9.93. The van der Waals surface area contributed by atoms with E-state index < -0.39 is 17.7 Å². The first-order valence-corrected chi connectivity index (χ1v) is 6.15. The number of rotatable bonds is 1. The summed E-state index contributed by atoms with van der Waals surface area (Å²) in [6.07, 6.45) is 1.75. The van der Waals surface area contributed by atoms with Crippen LogP contribution < -0.4 is 0 Å². The molecule has 1 aromatic carbocycles. The molecule has 1 aromatic rings. The molecule has 0 amide bonds. The highest BCUT2D eigenvalue weighted by Gasteiger charge is 2.49. The van der Waals surface area contributed by atoms with E-state index in [-0.39, 0.29) is 12.3 Å². The van der Waals surface area contributed by atoms with Crippen LogP contribution >= 0.6 is 0 Å². The largest absolute Gasteiger partial charge is 0.422 e. The summed E-state index contributed by atoms with van der Waals surface area (Å²) in [5.41, 5.74) is 1.20. The van der Waals surface area contributed by atoms with Crippen LogP contribution in [0.3, 0.4) is 0 Å². The Morgan fingerprint density at radius 2 is 1.72 bits per heavy atom. The van der Waals surface area contributed by atoms with Crippen molar-refractivity contribution < 1.29 is 19.1 Å². The predicted octanol–water partition coefficient (Wildman–Crippen LogP) is 2.14. The lowest BCUT2D eigenvalue weighted by Crippen LogP contribution is -2.43. The minimum absolute atomic E-state index is 0.266. The average molecular weight is 246 g/mol. The Balaban J connectivity index is 1.78. The summed E-state index contributed by atoms with van der Waals surface area (Å²) in [5.74, 6) is -1.67. The van der Waals surface area contributed by atoms with Crippen LogP contribution in [0.5, 0.6) is 0 Å². The Hall–Kier alpha value is -1.84. The summed E-state index contributed by atoms with van der Waals surface area (Å²) in [7, 11) is 0. The maximum Gasteiger partial charge on any atom is 0.320 e. The fraction of sp³-hybridized carbons (Fsp3) is 0.429. The Labute approximate surface area is 105 Å². The zero-order chi connectivity index (χ0) is 12.6. The number of carbonyl (C=O) groups is 2. The molecule has 2 fully saturated rings. The third-order valence-corrected chi connectivity index (χ3v) is 3.59. The van der Waals surface area contributed by atoms with Crippen LogP contribution in [0.15, 0.2) is 30.3 Å². The maximum absolute atomic E-state index is 11.4. The molecule has 1 unspecified atom stereocenters. The molecule has 18 heavy (non-hydrogen) atoms. The minimum atomic E-state index is -1.01. The molecule has 1 saturated heterocycles. The van der Waals surface area contributed by atoms with E-state index >= 15 is 0 Å². The van der Waals surface area contributed by atoms with E-state index in [0.29, 0.717) is 12.8 Å². The van der Waals surface area contributed by atoms with Gasteiger partial charge in [0.25, 0.3) is 5.79 Å². The van der Waals surface area contributed by atoms with Crippen molar-refractivity contribution in [3.05, 3.63) is 35.9 Å². The highest BCUT2D eigenvalue weighted by Crippen LogP contribution is 2.45. The van der Waals surface area contributed by atoms with Crippen LogP contribution in [0.25, 0.3) is 0 Å². The van der Waals surface area contributed by atoms with Crippen molar-refractivity contribution in [2.45, 2.75) is 37.4 Å². The van der Waals surface area contributed by atoms with Crippen molar-refractivity contribution in [2.75, 3.05) is 0 Å². The van der Waals surface area contributed by atoms with Gasteiger partial charge in [0.15, 0.2) is 0 Å². The van der Waals surface area contributed by atoms with Gasteiger partial charge in [0, 0.05) is 12.8 Å². The molecule has 0 N–H and O–H groups in total. The molecular weight excluding hydrogens is 232 g/mol. The smallest absolute Gasteiger partial charge is 0.320 e. The first-order chi connectivity index (χ1) is 8.67. The van der Waals surface area contributed by atoms with Gasteiger partial charge < -0.3 is 9.47 Å². The number of hydrogen-bond donors (Lipinski definition) is 0. The van der Waals surface area contributed by atoms with Crippen molar-refractivity contribution in [3.8, 4) is 0 Å². The van der Waals surface area contributed by atoms with E-state index in [1.54, 1.807) is 0 Å². The molecule has 1 aliphatic heterocycles. The lowest BCUT2D eigenvalue weighted by Gasteiger charge is -2.32. The maximum atomic E-state index is 11.4. The Morgan fingerprint density at radius 1 is 1.06 bits per heavy atom. The number of esters is 2. The fourth-order valence-corrected chi connectivity index (χ4v) is 2.79.